The van der Waals surface area contributed by atoms with Crippen molar-refractivity contribution < 1.29 is 4.74 Å². The Kier molecular flexibility index (Phi) is 3.71. The number of rotatable bonds is 3. The standard InChI is InChI=1S/C15H23N3O/c1-18(13-6-7-19-10-13)15-12(9-16)8-11-4-2-3-5-14(11)17-15/h8,13H,2-7,9-10,16H2,1H3. The van der Waals surface area contributed by atoms with E-state index in [2.05, 4.69) is 18.0 Å². The summed E-state index contributed by atoms with van der Waals surface area (Å²) in [5, 5.41) is 0. The van der Waals surface area contributed by atoms with Crippen LogP contribution in [-0.2, 0) is 24.1 Å². The highest BCUT2D eigenvalue weighted by molar-refractivity contribution is 5.51. The lowest BCUT2D eigenvalue weighted by atomic mass is 9.94. The van der Waals surface area contributed by atoms with Crippen LogP contribution in [0.15, 0.2) is 6.07 Å². The van der Waals surface area contributed by atoms with E-state index >= 15 is 0 Å². The number of aryl methyl sites for hydroxylation is 2. The van der Waals surface area contributed by atoms with Gasteiger partial charge in [0.2, 0.25) is 0 Å². The maximum Gasteiger partial charge on any atom is 0.133 e. The van der Waals surface area contributed by atoms with E-state index < -0.39 is 0 Å². The van der Waals surface area contributed by atoms with E-state index in [9.17, 15) is 0 Å². The van der Waals surface area contributed by atoms with E-state index in [4.69, 9.17) is 15.5 Å². The molecule has 2 N–H and O–H groups in total. The van der Waals surface area contributed by atoms with Crippen LogP contribution in [0.5, 0.6) is 0 Å². The highest BCUT2D eigenvalue weighted by atomic mass is 16.5. The molecule has 3 rings (SSSR count). The normalized spacial score (nSPS) is 22.3. The molecule has 0 amide bonds. The number of aromatic nitrogens is 1. The van der Waals surface area contributed by atoms with Crippen molar-refractivity contribution in [2.24, 2.45) is 5.73 Å². The van der Waals surface area contributed by atoms with Gasteiger partial charge in [0.25, 0.3) is 0 Å². The van der Waals surface area contributed by atoms with Crippen LogP contribution in [0.3, 0.4) is 0 Å². The summed E-state index contributed by atoms with van der Waals surface area (Å²) >= 11 is 0. The maximum atomic E-state index is 5.92. The molecule has 1 aromatic heterocycles. The summed E-state index contributed by atoms with van der Waals surface area (Å²) in [6.07, 6.45) is 5.90. The predicted octanol–water partition coefficient (Wildman–Crippen LogP) is 1.64. The quantitative estimate of drug-likeness (QED) is 0.899. The SMILES string of the molecule is CN(c1nc2c(cc1CN)CCCC2)C1CCOC1. The number of fused-ring (bicyclic) bond motifs is 1. The summed E-state index contributed by atoms with van der Waals surface area (Å²) in [6.45, 7) is 2.23. The second kappa shape index (κ2) is 5.47. The van der Waals surface area contributed by atoms with Gasteiger partial charge in [-0.15, -0.1) is 0 Å². The van der Waals surface area contributed by atoms with Gasteiger partial charge in [0.05, 0.1) is 12.6 Å². The average molecular weight is 261 g/mol. The molecular weight excluding hydrogens is 238 g/mol. The van der Waals surface area contributed by atoms with Crippen LogP contribution in [0.25, 0.3) is 0 Å². The van der Waals surface area contributed by atoms with Crippen LogP contribution in [-0.4, -0.2) is 31.3 Å². The first-order valence-electron chi connectivity index (χ1n) is 7.32. The first-order valence-corrected chi connectivity index (χ1v) is 7.32. The van der Waals surface area contributed by atoms with E-state index in [1.165, 1.54) is 29.7 Å². The van der Waals surface area contributed by atoms with E-state index in [1.54, 1.807) is 0 Å². The third-order valence-electron chi connectivity index (χ3n) is 4.36. The highest BCUT2D eigenvalue weighted by Gasteiger charge is 2.24. The zero-order chi connectivity index (χ0) is 13.2. The number of pyridine rings is 1. The lowest BCUT2D eigenvalue weighted by Crippen LogP contribution is -2.34. The number of ether oxygens (including phenoxy) is 1. The number of anilines is 1. The van der Waals surface area contributed by atoms with Crippen LogP contribution < -0.4 is 10.6 Å². The molecule has 0 spiro atoms. The molecule has 0 aromatic carbocycles. The van der Waals surface area contributed by atoms with Crippen molar-refractivity contribution >= 4 is 5.82 Å². The summed E-state index contributed by atoms with van der Waals surface area (Å²) in [7, 11) is 2.12. The van der Waals surface area contributed by atoms with E-state index in [0.717, 1.165) is 38.3 Å². The number of hydrogen-bond acceptors (Lipinski definition) is 4. The fourth-order valence-corrected chi connectivity index (χ4v) is 3.13. The van der Waals surface area contributed by atoms with Crippen molar-refractivity contribution in [3.63, 3.8) is 0 Å². The van der Waals surface area contributed by atoms with Gasteiger partial charge in [-0.25, -0.2) is 4.98 Å². The van der Waals surface area contributed by atoms with Crippen molar-refractivity contribution in [1.29, 1.82) is 0 Å². The lowest BCUT2D eigenvalue weighted by Gasteiger charge is -2.28. The van der Waals surface area contributed by atoms with Crippen molar-refractivity contribution in [3.8, 4) is 0 Å². The van der Waals surface area contributed by atoms with E-state index in [-0.39, 0.29) is 0 Å². The number of nitrogens with zero attached hydrogens (tertiary/aromatic N) is 2. The summed E-state index contributed by atoms with van der Waals surface area (Å²) in [4.78, 5) is 7.19. The lowest BCUT2D eigenvalue weighted by molar-refractivity contribution is 0.193. The smallest absolute Gasteiger partial charge is 0.133 e. The molecule has 1 saturated heterocycles. The van der Waals surface area contributed by atoms with Gasteiger partial charge in [-0.3, -0.25) is 0 Å². The van der Waals surface area contributed by atoms with Crippen LogP contribution in [0.2, 0.25) is 0 Å². The Hall–Kier alpha value is -1.13. The fourth-order valence-electron chi connectivity index (χ4n) is 3.13. The van der Waals surface area contributed by atoms with E-state index in [0.29, 0.717) is 12.6 Å². The molecule has 104 valence electrons. The number of hydrogen-bond donors (Lipinski definition) is 1. The minimum absolute atomic E-state index is 0.444. The predicted molar refractivity (Wildman–Crippen MR) is 76.4 cm³/mol. The Morgan fingerprint density at radius 1 is 1.42 bits per heavy atom. The summed E-state index contributed by atoms with van der Waals surface area (Å²) < 4.78 is 5.49. The first kappa shape index (κ1) is 12.9. The minimum atomic E-state index is 0.444. The zero-order valence-electron chi connectivity index (χ0n) is 11.7. The third-order valence-corrected chi connectivity index (χ3v) is 4.36. The third kappa shape index (κ3) is 2.47. The van der Waals surface area contributed by atoms with Crippen LogP contribution >= 0.6 is 0 Å². The molecule has 1 aliphatic heterocycles. The molecule has 2 aliphatic rings. The molecule has 4 heteroatoms. The Morgan fingerprint density at radius 2 is 2.26 bits per heavy atom. The van der Waals surface area contributed by atoms with Gasteiger partial charge in [-0.05, 0) is 43.7 Å². The number of nitrogens with two attached hydrogens (primary N) is 1. The zero-order valence-corrected chi connectivity index (χ0v) is 11.7. The van der Waals surface area contributed by atoms with Gasteiger partial charge < -0.3 is 15.4 Å². The van der Waals surface area contributed by atoms with Crippen LogP contribution in [0.1, 0.15) is 36.1 Å². The van der Waals surface area contributed by atoms with Crippen molar-refractivity contribution in [2.75, 3.05) is 25.2 Å². The van der Waals surface area contributed by atoms with Gasteiger partial charge in [0.15, 0.2) is 0 Å². The summed E-state index contributed by atoms with van der Waals surface area (Å²) in [5.74, 6) is 1.07. The molecule has 1 atom stereocenters. The topological polar surface area (TPSA) is 51.4 Å². The molecule has 1 aromatic rings. The molecule has 1 unspecified atom stereocenters. The van der Waals surface area contributed by atoms with Gasteiger partial charge in [-0.2, -0.15) is 0 Å². The molecule has 1 fully saturated rings. The Balaban J connectivity index is 1.94. The van der Waals surface area contributed by atoms with Crippen molar-refractivity contribution in [2.45, 2.75) is 44.7 Å². The monoisotopic (exact) mass is 261 g/mol. The first-order chi connectivity index (χ1) is 9.29. The summed E-state index contributed by atoms with van der Waals surface area (Å²) in [5.41, 5.74) is 9.79. The molecule has 0 radical (unpaired) electrons. The molecule has 0 saturated carbocycles. The molecular formula is C15H23N3O. The van der Waals surface area contributed by atoms with Crippen LogP contribution in [0, 0.1) is 0 Å². The van der Waals surface area contributed by atoms with Gasteiger partial charge in [-0.1, -0.05) is 0 Å². The average Bonchev–Trinajstić information content (AvgIpc) is 2.99. The van der Waals surface area contributed by atoms with Gasteiger partial charge in [0.1, 0.15) is 5.82 Å². The Bertz CT molecular complexity index is 455. The second-order valence-electron chi connectivity index (χ2n) is 5.62. The van der Waals surface area contributed by atoms with Gasteiger partial charge >= 0.3 is 0 Å². The van der Waals surface area contributed by atoms with Crippen molar-refractivity contribution in [1.82, 2.24) is 4.98 Å². The van der Waals surface area contributed by atoms with Gasteiger partial charge in [0, 0.05) is 31.5 Å². The highest BCUT2D eigenvalue weighted by Crippen LogP contribution is 2.28. The molecule has 0 bridgehead atoms. The Labute approximate surface area is 115 Å². The largest absolute Gasteiger partial charge is 0.379 e. The van der Waals surface area contributed by atoms with Crippen molar-refractivity contribution in [3.05, 3.63) is 22.9 Å². The van der Waals surface area contributed by atoms with E-state index in [1.807, 2.05) is 0 Å². The molecule has 4 nitrogen and oxygen atoms in total. The summed E-state index contributed by atoms with van der Waals surface area (Å²) in [6, 6.07) is 2.72. The molecule has 1 aliphatic carbocycles. The second-order valence-corrected chi connectivity index (χ2v) is 5.62. The molecule has 19 heavy (non-hydrogen) atoms. The molecule has 2 heterocycles. The maximum absolute atomic E-state index is 5.92. The van der Waals surface area contributed by atoms with Crippen LogP contribution in [0.4, 0.5) is 5.82 Å². The Morgan fingerprint density at radius 3 is 3.00 bits per heavy atom. The number of likely N-dealkylation sites (N-methyl/N-ethyl adjacent to an activating group) is 1. The fraction of sp³-hybridized carbons (Fsp3) is 0.667. The minimum Gasteiger partial charge on any atom is -0.379 e.